The van der Waals surface area contributed by atoms with Crippen molar-refractivity contribution in [3.8, 4) is 0 Å². The summed E-state index contributed by atoms with van der Waals surface area (Å²) in [5.41, 5.74) is 0.801. The number of carbonyl (C=O) groups is 1. The van der Waals surface area contributed by atoms with Crippen molar-refractivity contribution in [2.75, 3.05) is 11.9 Å². The molecule has 3 aromatic rings. The molecule has 0 radical (unpaired) electrons. The number of carboxylic acids is 1. The van der Waals surface area contributed by atoms with Crippen molar-refractivity contribution < 1.29 is 9.90 Å². The minimum absolute atomic E-state index is 0.173. The molecule has 5 nitrogen and oxygen atoms in total. The van der Waals surface area contributed by atoms with Gasteiger partial charge in [0.25, 0.3) is 0 Å². The van der Waals surface area contributed by atoms with Gasteiger partial charge < -0.3 is 10.4 Å². The van der Waals surface area contributed by atoms with Gasteiger partial charge in [0.15, 0.2) is 11.5 Å². The molecule has 0 aliphatic heterocycles. The monoisotopic (exact) mass is 287 g/mol. The lowest BCUT2D eigenvalue weighted by Crippen LogP contribution is -2.10. The van der Waals surface area contributed by atoms with Crippen LogP contribution in [-0.4, -0.2) is 27.0 Å². The lowest BCUT2D eigenvalue weighted by atomic mass is 10.3. The Kier molecular flexibility index (Phi) is 3.39. The van der Waals surface area contributed by atoms with E-state index in [-0.39, 0.29) is 5.69 Å². The van der Waals surface area contributed by atoms with Crippen LogP contribution in [0.4, 0.5) is 5.82 Å². The largest absolute Gasteiger partial charge is 0.476 e. The number of rotatable bonds is 5. The Morgan fingerprint density at radius 3 is 3.00 bits per heavy atom. The van der Waals surface area contributed by atoms with Crippen LogP contribution in [0.3, 0.4) is 0 Å². The third-order valence-corrected chi connectivity index (χ3v) is 3.91. The van der Waals surface area contributed by atoms with E-state index in [2.05, 4.69) is 16.4 Å². The average molecular weight is 287 g/mol. The summed E-state index contributed by atoms with van der Waals surface area (Å²) in [5.74, 6) is -0.567. The van der Waals surface area contributed by atoms with E-state index in [0.29, 0.717) is 18.0 Å². The number of carboxylic acid groups (broad SMARTS) is 1. The van der Waals surface area contributed by atoms with Gasteiger partial charge in [-0.15, -0.1) is 11.3 Å². The number of fused-ring (bicyclic) bond motifs is 1. The fourth-order valence-corrected chi connectivity index (χ4v) is 2.79. The smallest absolute Gasteiger partial charge is 0.356 e. The lowest BCUT2D eigenvalue weighted by molar-refractivity contribution is 0.0690. The van der Waals surface area contributed by atoms with Crippen LogP contribution in [-0.2, 0) is 6.42 Å². The molecule has 3 aromatic heterocycles. The van der Waals surface area contributed by atoms with Gasteiger partial charge in [-0.3, -0.25) is 4.40 Å². The van der Waals surface area contributed by atoms with Crippen LogP contribution >= 0.6 is 11.3 Å². The van der Waals surface area contributed by atoms with E-state index < -0.39 is 5.97 Å². The molecule has 3 rings (SSSR count). The first-order valence-corrected chi connectivity index (χ1v) is 7.10. The minimum Gasteiger partial charge on any atom is -0.476 e. The maximum Gasteiger partial charge on any atom is 0.356 e. The molecular formula is C14H13N3O2S. The van der Waals surface area contributed by atoms with Crippen LogP contribution in [0.15, 0.2) is 41.9 Å². The number of imidazole rings is 1. The predicted octanol–water partition coefficient (Wildman–Crippen LogP) is 2.75. The minimum atomic E-state index is -0.984. The summed E-state index contributed by atoms with van der Waals surface area (Å²) in [6.45, 7) is 0.657. The summed E-state index contributed by atoms with van der Waals surface area (Å²) in [6, 6.07) is 9.48. The molecule has 0 amide bonds. The van der Waals surface area contributed by atoms with Crippen LogP contribution in [0.2, 0.25) is 0 Å². The van der Waals surface area contributed by atoms with E-state index in [9.17, 15) is 9.90 Å². The molecule has 20 heavy (non-hydrogen) atoms. The molecule has 0 bridgehead atoms. The third-order valence-electron chi connectivity index (χ3n) is 2.98. The predicted molar refractivity (Wildman–Crippen MR) is 78.7 cm³/mol. The van der Waals surface area contributed by atoms with Crippen molar-refractivity contribution in [3.63, 3.8) is 0 Å². The Morgan fingerprint density at radius 1 is 1.35 bits per heavy atom. The molecule has 0 saturated carbocycles. The van der Waals surface area contributed by atoms with E-state index in [1.807, 2.05) is 17.5 Å². The van der Waals surface area contributed by atoms with Gasteiger partial charge in [-0.1, -0.05) is 12.1 Å². The van der Waals surface area contributed by atoms with E-state index in [1.165, 1.54) is 4.88 Å². The number of nitrogens with zero attached hydrogens (tertiary/aromatic N) is 2. The fraction of sp³-hybridized carbons (Fsp3) is 0.143. The summed E-state index contributed by atoms with van der Waals surface area (Å²) < 4.78 is 1.58. The third kappa shape index (κ3) is 2.37. The number of aromatic nitrogens is 2. The average Bonchev–Trinajstić information content (AvgIpc) is 3.05. The zero-order valence-corrected chi connectivity index (χ0v) is 11.4. The number of pyridine rings is 1. The number of thiophene rings is 1. The number of hydrogen-bond donors (Lipinski definition) is 2. The van der Waals surface area contributed by atoms with E-state index in [1.54, 1.807) is 34.1 Å². The van der Waals surface area contributed by atoms with Gasteiger partial charge in [-0.05, 0) is 30.0 Å². The molecule has 0 saturated heterocycles. The van der Waals surface area contributed by atoms with E-state index >= 15 is 0 Å². The SMILES string of the molecule is O=C(O)c1c(NCCc2cccs2)nc2ccccn12. The van der Waals surface area contributed by atoms with Crippen molar-refractivity contribution in [1.82, 2.24) is 9.38 Å². The first-order chi connectivity index (χ1) is 9.75. The lowest BCUT2D eigenvalue weighted by Gasteiger charge is -2.03. The van der Waals surface area contributed by atoms with E-state index in [4.69, 9.17) is 0 Å². The van der Waals surface area contributed by atoms with Crippen LogP contribution in [0, 0.1) is 0 Å². The highest BCUT2D eigenvalue weighted by molar-refractivity contribution is 7.09. The fourth-order valence-electron chi connectivity index (χ4n) is 2.08. The molecule has 0 fully saturated rings. The van der Waals surface area contributed by atoms with Crippen molar-refractivity contribution in [2.45, 2.75) is 6.42 Å². The molecular weight excluding hydrogens is 274 g/mol. The van der Waals surface area contributed by atoms with Crippen LogP contribution in [0.5, 0.6) is 0 Å². The van der Waals surface area contributed by atoms with Crippen LogP contribution < -0.4 is 5.32 Å². The number of anilines is 1. The van der Waals surface area contributed by atoms with Crippen molar-refractivity contribution >= 4 is 28.8 Å². The molecule has 6 heteroatoms. The Balaban J connectivity index is 1.83. The second-order valence-electron chi connectivity index (χ2n) is 4.30. The molecule has 3 heterocycles. The summed E-state index contributed by atoms with van der Waals surface area (Å²) >= 11 is 1.69. The molecule has 0 atom stereocenters. The normalized spacial score (nSPS) is 10.8. The van der Waals surface area contributed by atoms with Gasteiger partial charge in [0.05, 0.1) is 0 Å². The standard InChI is InChI=1S/C14H13N3O2S/c18-14(19)12-13(15-7-6-10-4-3-9-20-10)16-11-5-1-2-8-17(11)12/h1-5,8-9,15H,6-7H2,(H,18,19). The van der Waals surface area contributed by atoms with Crippen molar-refractivity contribution in [1.29, 1.82) is 0 Å². The van der Waals surface area contributed by atoms with Gasteiger partial charge in [-0.25, -0.2) is 9.78 Å². The highest BCUT2D eigenvalue weighted by Gasteiger charge is 2.17. The van der Waals surface area contributed by atoms with Gasteiger partial charge in [-0.2, -0.15) is 0 Å². The highest BCUT2D eigenvalue weighted by Crippen LogP contribution is 2.18. The Hall–Kier alpha value is -2.34. The summed E-state index contributed by atoms with van der Waals surface area (Å²) in [5, 5.41) is 14.5. The Bertz CT molecular complexity index is 734. The number of hydrogen-bond acceptors (Lipinski definition) is 4. The summed E-state index contributed by atoms with van der Waals surface area (Å²) in [4.78, 5) is 17.0. The van der Waals surface area contributed by atoms with Crippen LogP contribution in [0.25, 0.3) is 5.65 Å². The van der Waals surface area contributed by atoms with Crippen molar-refractivity contribution in [2.24, 2.45) is 0 Å². The van der Waals surface area contributed by atoms with Crippen LogP contribution in [0.1, 0.15) is 15.4 Å². The topological polar surface area (TPSA) is 66.6 Å². The molecule has 0 aliphatic rings. The molecule has 0 unspecified atom stereocenters. The molecule has 2 N–H and O–H groups in total. The number of nitrogens with one attached hydrogen (secondary N) is 1. The van der Waals surface area contributed by atoms with Gasteiger partial charge in [0, 0.05) is 17.6 Å². The van der Waals surface area contributed by atoms with Gasteiger partial charge in [0.1, 0.15) is 5.65 Å². The second-order valence-corrected chi connectivity index (χ2v) is 5.33. The first-order valence-electron chi connectivity index (χ1n) is 6.22. The van der Waals surface area contributed by atoms with E-state index in [0.717, 1.165) is 6.42 Å². The second kappa shape index (κ2) is 5.34. The van der Waals surface area contributed by atoms with Gasteiger partial charge in [0.2, 0.25) is 0 Å². The number of aromatic carboxylic acids is 1. The zero-order chi connectivity index (χ0) is 13.9. The maximum atomic E-state index is 11.4. The Labute approximate surface area is 119 Å². The maximum absolute atomic E-state index is 11.4. The highest BCUT2D eigenvalue weighted by atomic mass is 32.1. The molecule has 0 aliphatic carbocycles. The van der Waals surface area contributed by atoms with Crippen molar-refractivity contribution in [3.05, 3.63) is 52.5 Å². The molecule has 0 aromatic carbocycles. The van der Waals surface area contributed by atoms with Gasteiger partial charge >= 0.3 is 5.97 Å². The Morgan fingerprint density at radius 2 is 2.25 bits per heavy atom. The first kappa shape index (κ1) is 12.7. The molecule has 102 valence electrons. The summed E-state index contributed by atoms with van der Waals surface area (Å²) in [7, 11) is 0. The zero-order valence-electron chi connectivity index (χ0n) is 10.6. The summed E-state index contributed by atoms with van der Waals surface area (Å²) in [6.07, 6.45) is 2.56. The molecule has 0 spiro atoms. The quantitative estimate of drug-likeness (QED) is 0.757.